The molecule has 0 aromatic heterocycles. The van der Waals surface area contributed by atoms with E-state index in [1.54, 1.807) is 6.92 Å². The van der Waals surface area contributed by atoms with Crippen molar-refractivity contribution in [2.75, 3.05) is 0 Å². The molecule has 0 aliphatic rings. The Morgan fingerprint density at radius 3 is 2.00 bits per heavy atom. The van der Waals surface area contributed by atoms with Crippen LogP contribution in [0.3, 0.4) is 0 Å². The maximum absolute atomic E-state index is 9.82. The van der Waals surface area contributed by atoms with Gasteiger partial charge in [-0.05, 0) is 6.92 Å². The van der Waals surface area contributed by atoms with Gasteiger partial charge in [-0.1, -0.05) is 6.58 Å². The summed E-state index contributed by atoms with van der Waals surface area (Å²) in [6.45, 7) is 4.85. The predicted octanol–water partition coefficient (Wildman–Crippen LogP) is -2.84. The van der Waals surface area contributed by atoms with Crippen LogP contribution in [0.4, 0.5) is 0 Å². The van der Waals surface area contributed by atoms with E-state index < -0.39 is 5.91 Å². The van der Waals surface area contributed by atoms with E-state index in [0.717, 1.165) is 0 Å². The Hall–Kier alpha value is 0.210. The molecule has 3 heteroatoms. The zero-order chi connectivity index (χ0) is 5.15. The summed E-state index contributed by atoms with van der Waals surface area (Å²) in [6, 6.07) is 0. The molecule has 0 radical (unpaired) electrons. The molecule has 0 spiro atoms. The normalized spacial score (nSPS) is 6.43. The molecule has 1 amide bonds. The maximum Gasteiger partial charge on any atom is 1.00 e. The molecule has 36 valence electrons. The second kappa shape index (κ2) is 4.37. The van der Waals surface area contributed by atoms with Crippen molar-refractivity contribution in [1.82, 2.24) is 0 Å². The van der Waals surface area contributed by atoms with E-state index in [9.17, 15) is 4.79 Å². The molecule has 2 nitrogen and oxygen atoms in total. The van der Waals surface area contributed by atoms with Gasteiger partial charge < -0.3 is 7.16 Å². The third kappa shape index (κ3) is 6.21. The first-order valence-corrected chi connectivity index (χ1v) is 1.60. The minimum Gasteiger partial charge on any atom is -1.00 e. The first-order chi connectivity index (χ1) is 2.64. The van der Waals surface area contributed by atoms with Crippen LogP contribution in [0.15, 0.2) is 12.2 Å². The minimum atomic E-state index is -0.435. The van der Waals surface area contributed by atoms with E-state index in [0.29, 0.717) is 5.57 Å². The summed E-state index contributed by atoms with van der Waals surface area (Å²) in [5, 5.41) is 0. The van der Waals surface area contributed by atoms with Crippen LogP contribution in [0.5, 0.6) is 0 Å². The molecule has 2 N–H and O–H groups in total. The molecule has 0 unspecified atom stereocenters. The summed E-state index contributed by atoms with van der Waals surface area (Å²) in [4.78, 5) is 9.82. The number of carbonyl (C=O) groups is 1. The molecular weight excluding hydrogens is 101 g/mol. The molecule has 0 atom stereocenters. The van der Waals surface area contributed by atoms with Crippen LogP contribution in [0, 0.1) is 0 Å². The monoisotopic (exact) mass is 109 g/mol. The summed E-state index contributed by atoms with van der Waals surface area (Å²) >= 11 is 0. The fraction of sp³-hybridized carbons (Fsp3) is 0.250. The van der Waals surface area contributed by atoms with Crippen molar-refractivity contribution in [2.24, 2.45) is 5.73 Å². The van der Waals surface area contributed by atoms with Crippen molar-refractivity contribution in [3.8, 4) is 0 Å². The smallest absolute Gasteiger partial charge is 1.00 e. The molecule has 0 bridgehead atoms. The van der Waals surface area contributed by atoms with Gasteiger partial charge in [0, 0.05) is 5.57 Å². The van der Waals surface area contributed by atoms with Gasteiger partial charge in [-0.15, -0.1) is 0 Å². The summed E-state index contributed by atoms with van der Waals surface area (Å²) < 4.78 is 0. The van der Waals surface area contributed by atoms with Crippen molar-refractivity contribution < 1.29 is 35.8 Å². The SMILES string of the molecule is C=C(C)C(N)=O.[H-].[Na+]. The number of primary amides is 1. The maximum atomic E-state index is 9.82. The van der Waals surface area contributed by atoms with Gasteiger partial charge in [0.2, 0.25) is 5.91 Å². The van der Waals surface area contributed by atoms with Gasteiger partial charge in [0.1, 0.15) is 0 Å². The van der Waals surface area contributed by atoms with E-state index in [4.69, 9.17) is 5.73 Å². The second-order valence-corrected chi connectivity index (χ2v) is 1.14. The van der Waals surface area contributed by atoms with E-state index in [2.05, 4.69) is 6.58 Å². The Morgan fingerprint density at radius 1 is 1.86 bits per heavy atom. The largest absolute Gasteiger partial charge is 1.00 e. The zero-order valence-electron chi connectivity index (χ0n) is 5.69. The van der Waals surface area contributed by atoms with E-state index in [-0.39, 0.29) is 31.0 Å². The first-order valence-electron chi connectivity index (χ1n) is 1.60. The van der Waals surface area contributed by atoms with Gasteiger partial charge in [0.25, 0.3) is 0 Å². The van der Waals surface area contributed by atoms with Gasteiger partial charge in [-0.25, -0.2) is 0 Å². The second-order valence-electron chi connectivity index (χ2n) is 1.14. The number of rotatable bonds is 1. The Balaban J connectivity index is -0.000000125. The van der Waals surface area contributed by atoms with Crippen LogP contribution in [-0.2, 0) is 4.79 Å². The Labute approximate surface area is 66.5 Å². The quantitative estimate of drug-likeness (QED) is 0.286. The molecular formula is C4H8NNaO. The fourth-order valence-corrected chi connectivity index (χ4v) is 0. The molecule has 0 heterocycles. The van der Waals surface area contributed by atoms with E-state index in [1.165, 1.54) is 0 Å². The third-order valence-electron chi connectivity index (χ3n) is 0.421. The summed E-state index contributed by atoms with van der Waals surface area (Å²) in [6.07, 6.45) is 0. The van der Waals surface area contributed by atoms with E-state index in [1.807, 2.05) is 0 Å². The Kier molecular flexibility index (Phi) is 6.40. The molecule has 0 rings (SSSR count). The number of hydrogen-bond acceptors (Lipinski definition) is 1. The van der Waals surface area contributed by atoms with Crippen LogP contribution >= 0.6 is 0 Å². The standard InChI is InChI=1S/C4H7NO.Na.H/c1-3(2)4(5)6;;/h1H2,2H3,(H2,5,6);;/q;+1;-1. The third-order valence-corrected chi connectivity index (χ3v) is 0.421. The van der Waals surface area contributed by atoms with Crippen LogP contribution in [-0.4, -0.2) is 5.91 Å². The molecule has 0 aromatic carbocycles. The van der Waals surface area contributed by atoms with Gasteiger partial charge in [0.05, 0.1) is 0 Å². The molecule has 7 heavy (non-hydrogen) atoms. The summed E-state index contributed by atoms with van der Waals surface area (Å²) in [7, 11) is 0. The molecule has 0 saturated heterocycles. The van der Waals surface area contributed by atoms with Gasteiger partial charge in [0.15, 0.2) is 0 Å². The Bertz CT molecular complexity index is 82.0. The molecule has 0 aromatic rings. The molecule has 0 fully saturated rings. The number of hydrogen-bond donors (Lipinski definition) is 1. The number of carbonyl (C=O) groups excluding carboxylic acids is 1. The predicted molar refractivity (Wildman–Crippen MR) is 25.1 cm³/mol. The van der Waals surface area contributed by atoms with Gasteiger partial charge in [-0.2, -0.15) is 0 Å². The Morgan fingerprint density at radius 2 is 2.00 bits per heavy atom. The van der Waals surface area contributed by atoms with Crippen molar-refractivity contribution in [3.05, 3.63) is 12.2 Å². The first kappa shape index (κ1) is 10.2. The molecule has 0 aliphatic heterocycles. The van der Waals surface area contributed by atoms with Crippen LogP contribution in [0.25, 0.3) is 0 Å². The topological polar surface area (TPSA) is 43.1 Å². The minimum absolute atomic E-state index is 0. The van der Waals surface area contributed by atoms with Crippen molar-refractivity contribution in [2.45, 2.75) is 6.92 Å². The van der Waals surface area contributed by atoms with Crippen LogP contribution in [0.2, 0.25) is 0 Å². The number of nitrogens with two attached hydrogens (primary N) is 1. The fourth-order valence-electron chi connectivity index (χ4n) is 0. The number of amides is 1. The zero-order valence-corrected chi connectivity index (χ0v) is 6.69. The summed E-state index contributed by atoms with van der Waals surface area (Å²) in [5.41, 5.74) is 5.09. The summed E-state index contributed by atoms with van der Waals surface area (Å²) in [5.74, 6) is -0.435. The van der Waals surface area contributed by atoms with Crippen molar-refractivity contribution in [3.63, 3.8) is 0 Å². The van der Waals surface area contributed by atoms with Crippen LogP contribution in [0.1, 0.15) is 8.35 Å². The molecule has 0 aliphatic carbocycles. The van der Waals surface area contributed by atoms with Crippen LogP contribution < -0.4 is 35.3 Å². The van der Waals surface area contributed by atoms with E-state index >= 15 is 0 Å². The molecule has 0 saturated carbocycles. The van der Waals surface area contributed by atoms with Gasteiger partial charge >= 0.3 is 29.6 Å². The average molecular weight is 109 g/mol. The van der Waals surface area contributed by atoms with Crippen molar-refractivity contribution >= 4 is 5.91 Å². The van der Waals surface area contributed by atoms with Crippen molar-refractivity contribution in [1.29, 1.82) is 0 Å². The average Bonchev–Trinajstić information content (AvgIpc) is 1.36. The van der Waals surface area contributed by atoms with Gasteiger partial charge in [-0.3, -0.25) is 4.79 Å².